The number of hydrogen-bond donors (Lipinski definition) is 1. The number of pyridine rings is 1. The van der Waals surface area contributed by atoms with Gasteiger partial charge in [0.2, 0.25) is 5.91 Å². The average molecular weight is 363 g/mol. The number of nitrogens with one attached hydrogen (secondary N) is 1. The van der Waals surface area contributed by atoms with Crippen molar-refractivity contribution in [2.24, 2.45) is 0 Å². The van der Waals surface area contributed by atoms with Gasteiger partial charge in [-0.3, -0.25) is 9.78 Å². The first-order valence-corrected chi connectivity index (χ1v) is 7.73. The normalized spacial score (nSPS) is 15.4. The zero-order valence-corrected chi connectivity index (χ0v) is 15.5. The first-order valence-electron chi connectivity index (χ1n) is 7.73. The molecule has 2 rings (SSSR count). The number of piperidine rings is 1. The molecule has 1 N–H and O–H groups in total. The summed E-state index contributed by atoms with van der Waals surface area (Å²) in [6.45, 7) is 3.61. The smallest absolute Gasteiger partial charge is 0.236 e. The minimum Gasteiger partial charge on any atom is -0.342 e. The highest BCUT2D eigenvalue weighted by molar-refractivity contribution is 5.85. The lowest BCUT2D eigenvalue weighted by Crippen LogP contribution is -2.47. The van der Waals surface area contributed by atoms with Gasteiger partial charge in [-0.2, -0.15) is 0 Å². The number of likely N-dealkylation sites (tertiary alicyclic amines) is 1. The average Bonchev–Trinajstić information content (AvgIpc) is 2.54. The number of nitrogens with zero attached hydrogens (tertiary/aromatic N) is 3. The van der Waals surface area contributed by atoms with E-state index >= 15 is 0 Å². The van der Waals surface area contributed by atoms with Gasteiger partial charge < -0.3 is 15.1 Å². The Hall–Kier alpha value is -0.880. The van der Waals surface area contributed by atoms with Crippen LogP contribution in [-0.2, 0) is 11.2 Å². The van der Waals surface area contributed by atoms with Gasteiger partial charge in [-0.1, -0.05) is 6.07 Å². The molecule has 0 atom stereocenters. The summed E-state index contributed by atoms with van der Waals surface area (Å²) in [7, 11) is 3.74. The van der Waals surface area contributed by atoms with Crippen LogP contribution in [0.4, 0.5) is 0 Å². The number of likely N-dealkylation sites (N-methyl/N-ethyl adjacent to an activating group) is 2. The maximum atomic E-state index is 11.9. The van der Waals surface area contributed by atoms with Crippen molar-refractivity contribution in [2.75, 3.05) is 40.3 Å². The first kappa shape index (κ1) is 22.1. The Balaban J connectivity index is 0.00000242. The molecule has 1 aromatic rings. The van der Waals surface area contributed by atoms with Gasteiger partial charge in [0.25, 0.3) is 0 Å². The maximum absolute atomic E-state index is 11.9. The van der Waals surface area contributed by atoms with Crippen molar-refractivity contribution in [1.29, 1.82) is 0 Å². The molecule has 0 bridgehead atoms. The van der Waals surface area contributed by atoms with Crippen molar-refractivity contribution >= 4 is 30.7 Å². The van der Waals surface area contributed by atoms with E-state index in [0.717, 1.165) is 44.6 Å². The SMILES string of the molecule is CNCC(=O)N(C)C1CCN(CCc2ccccn2)CC1.Cl.Cl. The van der Waals surface area contributed by atoms with Crippen LogP contribution >= 0.6 is 24.8 Å². The highest BCUT2D eigenvalue weighted by Gasteiger charge is 2.24. The van der Waals surface area contributed by atoms with E-state index in [1.165, 1.54) is 0 Å². The van der Waals surface area contributed by atoms with E-state index in [1.54, 1.807) is 0 Å². The minimum absolute atomic E-state index is 0. The molecule has 0 saturated carbocycles. The fourth-order valence-corrected chi connectivity index (χ4v) is 2.83. The van der Waals surface area contributed by atoms with Crippen LogP contribution in [0.3, 0.4) is 0 Å². The fourth-order valence-electron chi connectivity index (χ4n) is 2.83. The Morgan fingerprint density at radius 2 is 2.04 bits per heavy atom. The molecule has 5 nitrogen and oxygen atoms in total. The van der Waals surface area contributed by atoms with E-state index in [-0.39, 0.29) is 30.7 Å². The Morgan fingerprint density at radius 3 is 2.61 bits per heavy atom. The number of carbonyl (C=O) groups is 1. The third-order valence-corrected chi connectivity index (χ3v) is 4.24. The van der Waals surface area contributed by atoms with Crippen LogP contribution in [0.5, 0.6) is 0 Å². The largest absolute Gasteiger partial charge is 0.342 e. The summed E-state index contributed by atoms with van der Waals surface area (Å²) in [6, 6.07) is 6.46. The van der Waals surface area contributed by atoms with Crippen molar-refractivity contribution < 1.29 is 4.79 Å². The number of carbonyl (C=O) groups excluding carboxylic acids is 1. The quantitative estimate of drug-likeness (QED) is 0.834. The number of rotatable bonds is 6. The number of hydrogen-bond acceptors (Lipinski definition) is 4. The molecule has 1 aliphatic rings. The topological polar surface area (TPSA) is 48.5 Å². The van der Waals surface area contributed by atoms with Crippen molar-refractivity contribution in [3.05, 3.63) is 30.1 Å². The van der Waals surface area contributed by atoms with Gasteiger partial charge in [0, 0.05) is 51.0 Å². The van der Waals surface area contributed by atoms with Crippen LogP contribution < -0.4 is 5.32 Å². The van der Waals surface area contributed by atoms with Gasteiger partial charge in [-0.25, -0.2) is 0 Å². The maximum Gasteiger partial charge on any atom is 0.236 e. The Labute approximate surface area is 151 Å². The molecule has 1 saturated heterocycles. The third-order valence-electron chi connectivity index (χ3n) is 4.24. The van der Waals surface area contributed by atoms with E-state index in [4.69, 9.17) is 0 Å². The zero-order chi connectivity index (χ0) is 15.1. The molecule has 0 radical (unpaired) electrons. The van der Waals surface area contributed by atoms with Gasteiger partial charge >= 0.3 is 0 Å². The molecule has 0 aliphatic carbocycles. The lowest BCUT2D eigenvalue weighted by Gasteiger charge is -2.36. The summed E-state index contributed by atoms with van der Waals surface area (Å²) in [5.41, 5.74) is 1.15. The third kappa shape index (κ3) is 7.04. The van der Waals surface area contributed by atoms with Crippen LogP contribution in [0.15, 0.2) is 24.4 Å². The second kappa shape index (κ2) is 11.6. The second-order valence-electron chi connectivity index (χ2n) is 5.68. The van der Waals surface area contributed by atoms with Crippen LogP contribution in [0, 0.1) is 0 Å². The molecular weight excluding hydrogens is 335 g/mol. The van der Waals surface area contributed by atoms with Crippen molar-refractivity contribution in [1.82, 2.24) is 20.1 Å². The predicted molar refractivity (Wildman–Crippen MR) is 98.6 cm³/mol. The van der Waals surface area contributed by atoms with Crippen LogP contribution in [-0.4, -0.2) is 67.0 Å². The molecule has 7 heteroatoms. The summed E-state index contributed by atoms with van der Waals surface area (Å²) >= 11 is 0. The molecule has 2 heterocycles. The molecular formula is C16H28Cl2N4O. The summed E-state index contributed by atoms with van der Waals surface area (Å²) in [6.07, 6.45) is 4.98. The van der Waals surface area contributed by atoms with Crippen molar-refractivity contribution in [3.8, 4) is 0 Å². The molecule has 132 valence electrons. The molecule has 23 heavy (non-hydrogen) atoms. The highest BCUT2D eigenvalue weighted by Crippen LogP contribution is 2.15. The number of halogens is 2. The second-order valence-corrected chi connectivity index (χ2v) is 5.68. The van der Waals surface area contributed by atoms with E-state index in [0.29, 0.717) is 12.6 Å². The summed E-state index contributed by atoms with van der Waals surface area (Å²) < 4.78 is 0. The Morgan fingerprint density at radius 1 is 1.35 bits per heavy atom. The lowest BCUT2D eigenvalue weighted by molar-refractivity contribution is -0.131. The molecule has 1 aliphatic heterocycles. The molecule has 0 aromatic carbocycles. The number of aromatic nitrogens is 1. The standard InChI is InChI=1S/C16H26N4O.2ClH/c1-17-13-16(21)19(2)15-7-11-20(12-8-15)10-6-14-5-3-4-9-18-14;;/h3-5,9,15,17H,6-8,10-13H2,1-2H3;2*1H. The van der Waals surface area contributed by atoms with Crippen LogP contribution in [0.1, 0.15) is 18.5 Å². The Bertz CT molecular complexity index is 439. The van der Waals surface area contributed by atoms with Gasteiger partial charge in [-0.05, 0) is 32.0 Å². The summed E-state index contributed by atoms with van der Waals surface area (Å²) in [5.74, 6) is 0.185. The highest BCUT2D eigenvalue weighted by atomic mass is 35.5. The summed E-state index contributed by atoms with van der Waals surface area (Å²) in [5, 5.41) is 2.93. The van der Waals surface area contributed by atoms with Crippen molar-refractivity contribution in [3.63, 3.8) is 0 Å². The van der Waals surface area contributed by atoms with E-state index in [2.05, 4.69) is 21.3 Å². The number of amides is 1. The fraction of sp³-hybridized carbons (Fsp3) is 0.625. The minimum atomic E-state index is 0. The van der Waals surface area contributed by atoms with Gasteiger partial charge in [-0.15, -0.1) is 24.8 Å². The first-order chi connectivity index (χ1) is 10.2. The lowest BCUT2D eigenvalue weighted by atomic mass is 10.0. The molecule has 0 unspecified atom stereocenters. The predicted octanol–water partition coefficient (Wildman–Crippen LogP) is 1.61. The molecule has 0 spiro atoms. The van der Waals surface area contributed by atoms with Gasteiger partial charge in [0.15, 0.2) is 0 Å². The molecule has 1 aromatic heterocycles. The van der Waals surface area contributed by atoms with Crippen molar-refractivity contribution in [2.45, 2.75) is 25.3 Å². The van der Waals surface area contributed by atoms with Crippen LogP contribution in [0.25, 0.3) is 0 Å². The van der Waals surface area contributed by atoms with Gasteiger partial charge in [0.1, 0.15) is 0 Å². The van der Waals surface area contributed by atoms with Crippen LogP contribution in [0.2, 0.25) is 0 Å². The van der Waals surface area contributed by atoms with E-state index in [9.17, 15) is 4.79 Å². The monoisotopic (exact) mass is 362 g/mol. The van der Waals surface area contributed by atoms with Gasteiger partial charge in [0.05, 0.1) is 6.54 Å². The Kier molecular flexibility index (Phi) is 11.2. The molecule has 1 amide bonds. The van der Waals surface area contributed by atoms with E-state index in [1.807, 2.05) is 37.3 Å². The zero-order valence-electron chi connectivity index (χ0n) is 13.9. The summed E-state index contributed by atoms with van der Waals surface area (Å²) in [4.78, 5) is 20.6. The van der Waals surface area contributed by atoms with E-state index < -0.39 is 0 Å². The molecule has 1 fully saturated rings.